The summed E-state index contributed by atoms with van der Waals surface area (Å²) in [4.78, 5) is 23.3. The molecule has 0 aliphatic heterocycles. The first-order valence-corrected chi connectivity index (χ1v) is 6.32. The number of ketones is 1. The third-order valence-corrected chi connectivity index (χ3v) is 2.88. The first kappa shape index (κ1) is 14.9. The molecule has 0 saturated heterocycles. The summed E-state index contributed by atoms with van der Waals surface area (Å²) in [6.45, 7) is 0.300. The summed E-state index contributed by atoms with van der Waals surface area (Å²) in [6, 6.07) is 4.44. The molecule has 6 heteroatoms. The second kappa shape index (κ2) is 6.78. The Labute approximate surface area is 119 Å². The van der Waals surface area contributed by atoms with Crippen LogP contribution in [0.3, 0.4) is 0 Å². The van der Waals surface area contributed by atoms with Crippen LogP contribution in [0.25, 0.3) is 0 Å². The van der Waals surface area contributed by atoms with E-state index in [1.807, 2.05) is 0 Å². The van der Waals surface area contributed by atoms with E-state index in [0.29, 0.717) is 12.6 Å². The molecule has 0 spiro atoms. The fourth-order valence-corrected chi connectivity index (χ4v) is 1.76. The van der Waals surface area contributed by atoms with Crippen molar-refractivity contribution in [3.05, 3.63) is 59.6 Å². The van der Waals surface area contributed by atoms with Crippen LogP contribution < -0.4 is 5.32 Å². The highest BCUT2D eigenvalue weighted by Crippen LogP contribution is 2.12. The standard InChI is InChI=1S/C15H13F2NO3/c16-11-1-2-12(13(17)7-11)14(19)3-4-15(20)18-8-10-5-6-21-9-10/h1-2,5-7,9H,3-4,8H2,(H,18,20). The summed E-state index contributed by atoms with van der Waals surface area (Å²) in [5, 5.41) is 2.61. The van der Waals surface area contributed by atoms with E-state index in [0.717, 1.165) is 17.7 Å². The first-order valence-electron chi connectivity index (χ1n) is 6.32. The Hall–Kier alpha value is -2.50. The van der Waals surface area contributed by atoms with Crippen LogP contribution in [0.4, 0.5) is 8.78 Å². The highest BCUT2D eigenvalue weighted by molar-refractivity contribution is 5.98. The molecule has 2 aromatic rings. The molecule has 0 bridgehead atoms. The normalized spacial score (nSPS) is 10.4. The Kier molecular flexibility index (Phi) is 4.81. The lowest BCUT2D eigenvalue weighted by Crippen LogP contribution is -2.23. The lowest BCUT2D eigenvalue weighted by atomic mass is 10.1. The van der Waals surface area contributed by atoms with Crippen LogP contribution in [-0.2, 0) is 11.3 Å². The number of hydrogen-bond donors (Lipinski definition) is 1. The largest absolute Gasteiger partial charge is 0.472 e. The Bertz CT molecular complexity index is 638. The van der Waals surface area contributed by atoms with Crippen molar-refractivity contribution >= 4 is 11.7 Å². The predicted molar refractivity (Wildman–Crippen MR) is 70.5 cm³/mol. The van der Waals surface area contributed by atoms with Crippen LogP contribution in [0, 0.1) is 11.6 Å². The molecule has 1 aromatic heterocycles. The number of amides is 1. The van der Waals surface area contributed by atoms with Gasteiger partial charge in [0.2, 0.25) is 5.91 Å². The zero-order valence-corrected chi connectivity index (χ0v) is 11.1. The van der Waals surface area contributed by atoms with Gasteiger partial charge in [-0.1, -0.05) is 0 Å². The van der Waals surface area contributed by atoms with Gasteiger partial charge in [0, 0.05) is 31.0 Å². The zero-order valence-electron chi connectivity index (χ0n) is 11.1. The van der Waals surface area contributed by atoms with Crippen molar-refractivity contribution in [2.24, 2.45) is 0 Å². The van der Waals surface area contributed by atoms with Crippen LogP contribution in [-0.4, -0.2) is 11.7 Å². The van der Waals surface area contributed by atoms with Crippen molar-refractivity contribution in [1.82, 2.24) is 5.32 Å². The molecule has 0 aliphatic rings. The summed E-state index contributed by atoms with van der Waals surface area (Å²) in [5.74, 6) is -2.53. The maximum Gasteiger partial charge on any atom is 0.220 e. The van der Waals surface area contributed by atoms with E-state index < -0.39 is 17.4 Å². The summed E-state index contributed by atoms with van der Waals surface area (Å²) >= 11 is 0. The number of nitrogens with one attached hydrogen (secondary N) is 1. The van der Waals surface area contributed by atoms with Crippen molar-refractivity contribution in [3.8, 4) is 0 Å². The molecule has 1 heterocycles. The zero-order chi connectivity index (χ0) is 15.2. The van der Waals surface area contributed by atoms with Gasteiger partial charge in [-0.3, -0.25) is 9.59 Å². The van der Waals surface area contributed by atoms with E-state index in [4.69, 9.17) is 4.42 Å². The van der Waals surface area contributed by atoms with Crippen LogP contribution in [0.15, 0.2) is 41.2 Å². The Morgan fingerprint density at radius 3 is 2.62 bits per heavy atom. The van der Waals surface area contributed by atoms with E-state index in [-0.39, 0.29) is 24.3 Å². The number of carbonyl (C=O) groups is 2. The van der Waals surface area contributed by atoms with E-state index in [9.17, 15) is 18.4 Å². The molecule has 0 aliphatic carbocycles. The fourth-order valence-electron chi connectivity index (χ4n) is 1.76. The van der Waals surface area contributed by atoms with Crippen molar-refractivity contribution in [1.29, 1.82) is 0 Å². The van der Waals surface area contributed by atoms with Crippen molar-refractivity contribution < 1.29 is 22.8 Å². The number of Topliss-reactive ketones (excluding diaryl/α,β-unsaturated/α-hetero) is 1. The quantitative estimate of drug-likeness (QED) is 0.833. The molecular formula is C15H13F2NO3. The summed E-state index contributed by atoms with van der Waals surface area (Å²) in [6.07, 6.45) is 2.79. The Morgan fingerprint density at radius 1 is 1.14 bits per heavy atom. The monoisotopic (exact) mass is 293 g/mol. The molecule has 1 amide bonds. The topological polar surface area (TPSA) is 59.3 Å². The molecule has 21 heavy (non-hydrogen) atoms. The summed E-state index contributed by atoms with van der Waals surface area (Å²) < 4.78 is 31.0. The third-order valence-electron chi connectivity index (χ3n) is 2.88. The van der Waals surface area contributed by atoms with Gasteiger partial charge in [-0.25, -0.2) is 8.78 Å². The highest BCUT2D eigenvalue weighted by Gasteiger charge is 2.14. The van der Waals surface area contributed by atoms with Crippen LogP contribution >= 0.6 is 0 Å². The minimum absolute atomic E-state index is 0.0620. The van der Waals surface area contributed by atoms with E-state index in [1.165, 1.54) is 12.5 Å². The number of carbonyl (C=O) groups excluding carboxylic acids is 2. The van der Waals surface area contributed by atoms with Crippen LogP contribution in [0.2, 0.25) is 0 Å². The number of rotatable bonds is 6. The fraction of sp³-hybridized carbons (Fsp3) is 0.200. The van der Waals surface area contributed by atoms with Gasteiger partial charge in [0.1, 0.15) is 11.6 Å². The lowest BCUT2D eigenvalue weighted by molar-refractivity contribution is -0.121. The molecule has 0 unspecified atom stereocenters. The van der Waals surface area contributed by atoms with Gasteiger partial charge in [-0.15, -0.1) is 0 Å². The van der Waals surface area contributed by atoms with Crippen molar-refractivity contribution in [3.63, 3.8) is 0 Å². The smallest absolute Gasteiger partial charge is 0.220 e. The molecular weight excluding hydrogens is 280 g/mol. The third kappa shape index (κ3) is 4.24. The van der Waals surface area contributed by atoms with Crippen LogP contribution in [0.1, 0.15) is 28.8 Å². The van der Waals surface area contributed by atoms with Gasteiger partial charge in [-0.2, -0.15) is 0 Å². The van der Waals surface area contributed by atoms with E-state index in [1.54, 1.807) is 6.07 Å². The predicted octanol–water partition coefficient (Wildman–Crippen LogP) is 2.84. The Balaban J connectivity index is 1.81. The van der Waals surface area contributed by atoms with Crippen molar-refractivity contribution in [2.45, 2.75) is 19.4 Å². The molecule has 4 nitrogen and oxygen atoms in total. The number of halogens is 2. The number of furan rings is 1. The van der Waals surface area contributed by atoms with Crippen molar-refractivity contribution in [2.75, 3.05) is 0 Å². The number of benzene rings is 1. The van der Waals surface area contributed by atoms with Gasteiger partial charge in [0.15, 0.2) is 5.78 Å². The summed E-state index contributed by atoms with van der Waals surface area (Å²) in [5.41, 5.74) is 0.596. The Morgan fingerprint density at radius 2 is 1.95 bits per heavy atom. The lowest BCUT2D eigenvalue weighted by Gasteiger charge is -2.04. The maximum atomic E-state index is 13.4. The SMILES string of the molecule is O=C(CCC(=O)c1ccc(F)cc1F)NCc1ccoc1. The summed E-state index contributed by atoms with van der Waals surface area (Å²) in [7, 11) is 0. The minimum Gasteiger partial charge on any atom is -0.472 e. The van der Waals surface area contributed by atoms with Gasteiger partial charge in [0.05, 0.1) is 18.1 Å². The van der Waals surface area contributed by atoms with Gasteiger partial charge >= 0.3 is 0 Å². The molecule has 1 aromatic carbocycles. The molecule has 0 atom stereocenters. The van der Waals surface area contributed by atoms with E-state index >= 15 is 0 Å². The van der Waals surface area contributed by atoms with E-state index in [2.05, 4.69) is 5.32 Å². The van der Waals surface area contributed by atoms with Crippen LogP contribution in [0.5, 0.6) is 0 Å². The molecule has 0 radical (unpaired) electrons. The molecule has 2 rings (SSSR count). The molecule has 1 N–H and O–H groups in total. The maximum absolute atomic E-state index is 13.4. The average molecular weight is 293 g/mol. The second-order valence-electron chi connectivity index (χ2n) is 4.46. The van der Waals surface area contributed by atoms with Gasteiger partial charge < -0.3 is 9.73 Å². The average Bonchev–Trinajstić information content (AvgIpc) is 2.95. The highest BCUT2D eigenvalue weighted by atomic mass is 19.1. The number of hydrogen-bond acceptors (Lipinski definition) is 3. The minimum atomic E-state index is -0.918. The molecule has 0 saturated carbocycles. The van der Waals surface area contributed by atoms with Gasteiger partial charge in [0.25, 0.3) is 0 Å². The first-order chi connectivity index (χ1) is 10.1. The van der Waals surface area contributed by atoms with Gasteiger partial charge in [-0.05, 0) is 18.2 Å². The molecule has 110 valence electrons. The molecule has 0 fully saturated rings. The second-order valence-corrected chi connectivity index (χ2v) is 4.46.